The normalized spacial score (nSPS) is 17.4. The Kier molecular flexibility index (Phi) is 4.33. The average Bonchev–Trinajstić information content (AvgIpc) is 2.37. The van der Waals surface area contributed by atoms with Crippen LogP contribution in [0.25, 0.3) is 0 Å². The molecule has 0 saturated carbocycles. The highest BCUT2D eigenvalue weighted by Crippen LogP contribution is 2.12. The van der Waals surface area contributed by atoms with Crippen LogP contribution in [0.5, 0.6) is 0 Å². The van der Waals surface area contributed by atoms with Crippen LogP contribution in [0, 0.1) is 0 Å². The number of hydrogen-bond donors (Lipinski definition) is 1. The third-order valence-electron chi connectivity index (χ3n) is 3.25. The number of piperazine rings is 1. The van der Waals surface area contributed by atoms with Crippen molar-refractivity contribution in [2.45, 2.75) is 0 Å². The van der Waals surface area contributed by atoms with Gasteiger partial charge in [-0.15, -0.1) is 0 Å². The van der Waals surface area contributed by atoms with E-state index in [2.05, 4.69) is 39.0 Å². The van der Waals surface area contributed by atoms with Crippen LogP contribution in [-0.2, 0) is 0 Å². The summed E-state index contributed by atoms with van der Waals surface area (Å²) in [6.45, 7) is 6.19. The fourth-order valence-corrected chi connectivity index (χ4v) is 2.11. The molecule has 0 bridgehead atoms. The molecule has 2 heterocycles. The molecule has 1 fully saturated rings. The van der Waals surface area contributed by atoms with E-state index in [0.29, 0.717) is 0 Å². The molecule has 18 heavy (non-hydrogen) atoms. The van der Waals surface area contributed by atoms with Crippen molar-refractivity contribution >= 4 is 5.69 Å². The summed E-state index contributed by atoms with van der Waals surface area (Å²) in [6, 6.07) is 1.61. The Balaban J connectivity index is 1.85. The number of anilines is 1. The fourth-order valence-electron chi connectivity index (χ4n) is 2.11. The first-order chi connectivity index (χ1) is 8.65. The maximum absolute atomic E-state index is 11.2. The van der Waals surface area contributed by atoms with E-state index in [1.807, 2.05) is 0 Å². The maximum atomic E-state index is 11.2. The van der Waals surface area contributed by atoms with Gasteiger partial charge in [0.05, 0.1) is 11.9 Å². The van der Waals surface area contributed by atoms with Gasteiger partial charge in [-0.3, -0.25) is 9.69 Å². The van der Waals surface area contributed by atoms with Gasteiger partial charge in [0, 0.05) is 45.3 Å². The second-order valence-electron chi connectivity index (χ2n) is 4.94. The fraction of sp³-hybridized carbons (Fsp3) is 0.667. The molecule has 0 aromatic carbocycles. The molecular formula is C12H21N5O. The molecule has 1 aromatic rings. The molecule has 0 amide bonds. The van der Waals surface area contributed by atoms with Gasteiger partial charge in [0.15, 0.2) is 0 Å². The molecule has 100 valence electrons. The monoisotopic (exact) mass is 251 g/mol. The average molecular weight is 251 g/mol. The van der Waals surface area contributed by atoms with E-state index in [0.717, 1.165) is 45.0 Å². The van der Waals surface area contributed by atoms with E-state index in [9.17, 15) is 4.79 Å². The molecule has 1 saturated heterocycles. The van der Waals surface area contributed by atoms with Crippen LogP contribution in [0.15, 0.2) is 17.1 Å². The lowest BCUT2D eigenvalue weighted by atomic mass is 10.3. The first-order valence-electron chi connectivity index (χ1n) is 6.32. The number of nitrogens with zero attached hydrogens (tertiary/aromatic N) is 4. The highest BCUT2D eigenvalue weighted by Gasteiger charge is 2.17. The zero-order valence-corrected chi connectivity index (χ0v) is 11.1. The molecule has 1 N–H and O–H groups in total. The van der Waals surface area contributed by atoms with Crippen LogP contribution in [0.4, 0.5) is 5.69 Å². The molecule has 6 heteroatoms. The summed E-state index contributed by atoms with van der Waals surface area (Å²) in [5, 5.41) is 6.24. The summed E-state index contributed by atoms with van der Waals surface area (Å²) in [6.07, 6.45) is 1.72. The minimum absolute atomic E-state index is 0.137. The van der Waals surface area contributed by atoms with Gasteiger partial charge in [0.25, 0.3) is 5.56 Å². The Hall–Kier alpha value is -1.40. The number of aromatic amines is 1. The van der Waals surface area contributed by atoms with Gasteiger partial charge in [-0.1, -0.05) is 0 Å². The third-order valence-corrected chi connectivity index (χ3v) is 3.25. The predicted molar refractivity (Wildman–Crippen MR) is 72.1 cm³/mol. The Labute approximate surface area is 107 Å². The molecule has 0 unspecified atom stereocenters. The quantitative estimate of drug-likeness (QED) is 0.778. The molecule has 0 aliphatic carbocycles. The minimum atomic E-state index is -0.137. The van der Waals surface area contributed by atoms with E-state index in [1.54, 1.807) is 12.3 Å². The zero-order valence-electron chi connectivity index (χ0n) is 11.1. The van der Waals surface area contributed by atoms with E-state index < -0.39 is 0 Å². The lowest BCUT2D eigenvalue weighted by molar-refractivity contribution is 0.229. The molecule has 1 aromatic heterocycles. The summed E-state index contributed by atoms with van der Waals surface area (Å²) in [7, 11) is 4.19. The van der Waals surface area contributed by atoms with Crippen molar-refractivity contribution in [2.75, 3.05) is 58.3 Å². The molecule has 1 aliphatic rings. The Morgan fingerprint density at radius 1 is 1.33 bits per heavy atom. The Morgan fingerprint density at radius 3 is 2.67 bits per heavy atom. The van der Waals surface area contributed by atoms with Crippen molar-refractivity contribution in [2.24, 2.45) is 0 Å². The molecule has 0 atom stereocenters. The van der Waals surface area contributed by atoms with Crippen LogP contribution in [-0.4, -0.2) is 73.4 Å². The zero-order chi connectivity index (χ0) is 13.0. The molecular weight excluding hydrogens is 230 g/mol. The summed E-state index contributed by atoms with van der Waals surface area (Å²) in [4.78, 5) is 18.1. The third kappa shape index (κ3) is 3.54. The highest BCUT2D eigenvalue weighted by molar-refractivity contribution is 5.43. The van der Waals surface area contributed by atoms with Gasteiger partial charge in [0.2, 0.25) is 0 Å². The van der Waals surface area contributed by atoms with Gasteiger partial charge in [-0.05, 0) is 14.1 Å². The summed E-state index contributed by atoms with van der Waals surface area (Å²) < 4.78 is 0. The number of likely N-dealkylation sites (N-methyl/N-ethyl adjacent to an activating group) is 1. The van der Waals surface area contributed by atoms with Crippen molar-refractivity contribution in [3.8, 4) is 0 Å². The number of hydrogen-bond acceptors (Lipinski definition) is 5. The van der Waals surface area contributed by atoms with Crippen molar-refractivity contribution < 1.29 is 0 Å². The highest BCUT2D eigenvalue weighted by atomic mass is 16.1. The van der Waals surface area contributed by atoms with E-state index >= 15 is 0 Å². The predicted octanol–water partition coefficient (Wildman–Crippen LogP) is -0.546. The number of aromatic nitrogens is 2. The number of H-pyrrole nitrogens is 1. The lowest BCUT2D eigenvalue weighted by Crippen LogP contribution is -2.48. The van der Waals surface area contributed by atoms with E-state index in [1.165, 1.54) is 0 Å². The summed E-state index contributed by atoms with van der Waals surface area (Å²) in [5.41, 5.74) is 0.786. The number of nitrogens with one attached hydrogen (secondary N) is 1. The van der Waals surface area contributed by atoms with Gasteiger partial charge in [-0.25, -0.2) is 5.10 Å². The molecule has 0 spiro atoms. The first kappa shape index (κ1) is 13.0. The second-order valence-corrected chi connectivity index (χ2v) is 4.94. The molecule has 1 aliphatic heterocycles. The second kappa shape index (κ2) is 5.97. The Morgan fingerprint density at radius 2 is 2.06 bits per heavy atom. The Bertz CT molecular complexity index is 422. The molecule has 2 rings (SSSR count). The van der Waals surface area contributed by atoms with Crippen LogP contribution in [0.1, 0.15) is 0 Å². The van der Waals surface area contributed by atoms with E-state index in [-0.39, 0.29) is 5.56 Å². The summed E-state index contributed by atoms with van der Waals surface area (Å²) >= 11 is 0. The van der Waals surface area contributed by atoms with E-state index in [4.69, 9.17) is 0 Å². The van der Waals surface area contributed by atoms with Gasteiger partial charge < -0.3 is 9.80 Å². The minimum Gasteiger partial charge on any atom is -0.368 e. The van der Waals surface area contributed by atoms with Crippen LogP contribution in [0.2, 0.25) is 0 Å². The van der Waals surface area contributed by atoms with Gasteiger partial charge in [-0.2, -0.15) is 5.10 Å². The number of rotatable bonds is 4. The van der Waals surface area contributed by atoms with Crippen LogP contribution < -0.4 is 10.5 Å². The van der Waals surface area contributed by atoms with Gasteiger partial charge in [0.1, 0.15) is 0 Å². The SMILES string of the molecule is CN(C)CCN1CCN(c2cn[nH]c(=O)c2)CC1. The topological polar surface area (TPSA) is 55.5 Å². The first-order valence-corrected chi connectivity index (χ1v) is 6.32. The maximum Gasteiger partial charge on any atom is 0.266 e. The van der Waals surface area contributed by atoms with Crippen molar-refractivity contribution in [1.29, 1.82) is 0 Å². The molecule has 0 radical (unpaired) electrons. The van der Waals surface area contributed by atoms with Crippen LogP contribution >= 0.6 is 0 Å². The smallest absolute Gasteiger partial charge is 0.266 e. The van der Waals surface area contributed by atoms with Crippen molar-refractivity contribution in [3.05, 3.63) is 22.6 Å². The van der Waals surface area contributed by atoms with Crippen molar-refractivity contribution in [1.82, 2.24) is 20.0 Å². The summed E-state index contributed by atoms with van der Waals surface area (Å²) in [5.74, 6) is 0. The standard InChI is InChI=1S/C12H21N5O/c1-15(2)3-4-16-5-7-17(8-6-16)11-9-12(18)14-13-10-11/h9-10H,3-8H2,1-2H3,(H,14,18). The van der Waals surface area contributed by atoms with Crippen molar-refractivity contribution in [3.63, 3.8) is 0 Å². The van der Waals surface area contributed by atoms with Gasteiger partial charge >= 0.3 is 0 Å². The lowest BCUT2D eigenvalue weighted by Gasteiger charge is -2.36. The largest absolute Gasteiger partial charge is 0.368 e. The molecule has 6 nitrogen and oxygen atoms in total. The van der Waals surface area contributed by atoms with Crippen LogP contribution in [0.3, 0.4) is 0 Å².